The number of nitrogens with two attached hydrogens (primary N) is 1. The van der Waals surface area contributed by atoms with Gasteiger partial charge in [-0.15, -0.1) is 24.0 Å². The van der Waals surface area contributed by atoms with Gasteiger partial charge in [0.1, 0.15) is 0 Å². The number of guanidine groups is 1. The summed E-state index contributed by atoms with van der Waals surface area (Å²) >= 11 is 0. The van der Waals surface area contributed by atoms with E-state index in [2.05, 4.69) is 17.2 Å². The maximum Gasteiger partial charge on any atom is 0.188 e. The molecule has 0 aliphatic heterocycles. The molecular weight excluding hydrogens is 360 g/mol. The van der Waals surface area contributed by atoms with Crippen molar-refractivity contribution in [2.75, 3.05) is 13.7 Å². The van der Waals surface area contributed by atoms with Gasteiger partial charge in [0.25, 0.3) is 0 Å². The standard InChI is InChI=1S/C13H20FN3O.HI/c1-3-4-7-16-13(15)17-9-10-5-6-12(18-2)11(14)8-10;/h5-6,8H,3-4,7,9H2,1-2H3,(H3,15,16,17);1H. The van der Waals surface area contributed by atoms with Gasteiger partial charge in [-0.1, -0.05) is 19.4 Å². The number of ether oxygens (including phenoxy) is 1. The molecule has 0 aliphatic carbocycles. The Labute approximate surface area is 130 Å². The summed E-state index contributed by atoms with van der Waals surface area (Å²) in [7, 11) is 1.44. The molecule has 4 nitrogen and oxygen atoms in total. The largest absolute Gasteiger partial charge is 0.494 e. The number of halogens is 2. The Morgan fingerprint density at radius 2 is 2.21 bits per heavy atom. The molecule has 0 radical (unpaired) electrons. The highest BCUT2D eigenvalue weighted by Crippen LogP contribution is 2.17. The maximum absolute atomic E-state index is 13.4. The van der Waals surface area contributed by atoms with E-state index in [0.717, 1.165) is 24.9 Å². The van der Waals surface area contributed by atoms with Gasteiger partial charge < -0.3 is 15.8 Å². The van der Waals surface area contributed by atoms with Crippen LogP contribution in [0.3, 0.4) is 0 Å². The molecule has 3 N–H and O–H groups in total. The monoisotopic (exact) mass is 381 g/mol. The van der Waals surface area contributed by atoms with Crippen LogP contribution in [0.2, 0.25) is 0 Å². The van der Waals surface area contributed by atoms with Crippen molar-refractivity contribution in [2.45, 2.75) is 26.3 Å². The Balaban J connectivity index is 0.00000324. The van der Waals surface area contributed by atoms with E-state index in [0.29, 0.717) is 12.5 Å². The van der Waals surface area contributed by atoms with Crippen LogP contribution in [0.15, 0.2) is 23.2 Å². The lowest BCUT2D eigenvalue weighted by atomic mass is 10.2. The Hall–Kier alpha value is -1.05. The third kappa shape index (κ3) is 6.60. The molecule has 0 unspecified atom stereocenters. The van der Waals surface area contributed by atoms with Gasteiger partial charge in [-0.2, -0.15) is 0 Å². The van der Waals surface area contributed by atoms with E-state index in [9.17, 15) is 4.39 Å². The molecule has 0 fully saturated rings. The van der Waals surface area contributed by atoms with Gasteiger partial charge in [0.2, 0.25) is 0 Å². The van der Waals surface area contributed by atoms with Crippen LogP contribution in [0, 0.1) is 5.82 Å². The Morgan fingerprint density at radius 3 is 2.79 bits per heavy atom. The van der Waals surface area contributed by atoms with Gasteiger partial charge in [0, 0.05) is 6.54 Å². The van der Waals surface area contributed by atoms with E-state index in [1.54, 1.807) is 12.1 Å². The van der Waals surface area contributed by atoms with Crippen LogP contribution in [0.25, 0.3) is 0 Å². The summed E-state index contributed by atoms with van der Waals surface area (Å²) in [5.41, 5.74) is 6.43. The van der Waals surface area contributed by atoms with Crippen molar-refractivity contribution < 1.29 is 9.13 Å². The summed E-state index contributed by atoms with van der Waals surface area (Å²) in [6, 6.07) is 4.76. The van der Waals surface area contributed by atoms with Crippen molar-refractivity contribution in [3.63, 3.8) is 0 Å². The number of hydrogen-bond donors (Lipinski definition) is 2. The molecular formula is C13H21FIN3O. The zero-order valence-electron chi connectivity index (χ0n) is 11.3. The van der Waals surface area contributed by atoms with E-state index < -0.39 is 0 Å². The molecule has 1 rings (SSSR count). The molecule has 6 heteroatoms. The summed E-state index contributed by atoms with van der Waals surface area (Å²) in [6.07, 6.45) is 2.15. The highest BCUT2D eigenvalue weighted by Gasteiger charge is 2.02. The van der Waals surface area contributed by atoms with Crippen LogP contribution < -0.4 is 15.8 Å². The van der Waals surface area contributed by atoms with Gasteiger partial charge in [-0.3, -0.25) is 0 Å². The summed E-state index contributed by atoms with van der Waals surface area (Å²) in [6.45, 7) is 3.27. The molecule has 0 atom stereocenters. The Morgan fingerprint density at radius 1 is 1.47 bits per heavy atom. The first kappa shape index (κ1) is 17.9. The van der Waals surface area contributed by atoms with Crippen molar-refractivity contribution in [1.29, 1.82) is 0 Å². The Bertz CT molecular complexity index is 413. The van der Waals surface area contributed by atoms with Crippen molar-refractivity contribution in [3.8, 4) is 5.75 Å². The molecule has 0 amide bonds. The number of aliphatic imine (C=N–C) groups is 1. The molecule has 0 saturated heterocycles. The molecule has 108 valence electrons. The predicted molar refractivity (Wildman–Crippen MR) is 86.6 cm³/mol. The van der Waals surface area contributed by atoms with Gasteiger partial charge >= 0.3 is 0 Å². The van der Waals surface area contributed by atoms with Gasteiger partial charge in [-0.25, -0.2) is 9.38 Å². The molecule has 19 heavy (non-hydrogen) atoms. The quantitative estimate of drug-likeness (QED) is 0.345. The second-order valence-corrected chi connectivity index (χ2v) is 3.95. The number of rotatable bonds is 6. The highest BCUT2D eigenvalue weighted by atomic mass is 127. The molecule has 0 aliphatic rings. The zero-order chi connectivity index (χ0) is 13.4. The lowest BCUT2D eigenvalue weighted by molar-refractivity contribution is 0.386. The summed E-state index contributed by atoms with van der Waals surface area (Å²) in [5, 5.41) is 3.00. The average molecular weight is 381 g/mol. The zero-order valence-corrected chi connectivity index (χ0v) is 13.6. The number of hydrogen-bond acceptors (Lipinski definition) is 2. The lowest BCUT2D eigenvalue weighted by Crippen LogP contribution is -2.32. The van der Waals surface area contributed by atoms with Crippen molar-refractivity contribution in [3.05, 3.63) is 29.6 Å². The lowest BCUT2D eigenvalue weighted by Gasteiger charge is -2.05. The van der Waals surface area contributed by atoms with Crippen LogP contribution in [-0.2, 0) is 6.54 Å². The molecule has 1 aromatic carbocycles. The van der Waals surface area contributed by atoms with Gasteiger partial charge in [0.05, 0.1) is 13.7 Å². The van der Waals surface area contributed by atoms with Crippen LogP contribution in [-0.4, -0.2) is 19.6 Å². The number of unbranched alkanes of at least 4 members (excludes halogenated alkanes) is 1. The van der Waals surface area contributed by atoms with Gasteiger partial charge in [-0.05, 0) is 24.1 Å². The third-order valence-corrected chi connectivity index (χ3v) is 2.48. The van der Waals surface area contributed by atoms with Crippen LogP contribution in [0.4, 0.5) is 4.39 Å². The number of nitrogens with zero attached hydrogens (tertiary/aromatic N) is 1. The minimum Gasteiger partial charge on any atom is -0.494 e. The van der Waals surface area contributed by atoms with E-state index >= 15 is 0 Å². The number of benzene rings is 1. The maximum atomic E-state index is 13.4. The minimum absolute atomic E-state index is 0. The molecule has 1 aromatic rings. The first-order chi connectivity index (χ1) is 8.67. The molecule has 0 aromatic heterocycles. The molecule has 0 saturated carbocycles. The smallest absolute Gasteiger partial charge is 0.188 e. The Kier molecular flexibility index (Phi) is 9.28. The topological polar surface area (TPSA) is 59.6 Å². The van der Waals surface area contributed by atoms with Crippen LogP contribution in [0.5, 0.6) is 5.75 Å². The van der Waals surface area contributed by atoms with Crippen molar-refractivity contribution in [2.24, 2.45) is 10.7 Å². The van der Waals surface area contributed by atoms with Crippen LogP contribution >= 0.6 is 24.0 Å². The highest BCUT2D eigenvalue weighted by molar-refractivity contribution is 14.0. The summed E-state index contributed by atoms with van der Waals surface area (Å²) in [4.78, 5) is 4.14. The van der Waals surface area contributed by atoms with E-state index in [-0.39, 0.29) is 35.5 Å². The van der Waals surface area contributed by atoms with E-state index in [1.807, 2.05) is 0 Å². The fourth-order valence-corrected chi connectivity index (χ4v) is 1.43. The second-order valence-electron chi connectivity index (χ2n) is 3.95. The SMILES string of the molecule is CCCCNC(N)=NCc1ccc(OC)c(F)c1.I. The normalized spacial score (nSPS) is 10.8. The first-order valence-electron chi connectivity index (χ1n) is 6.03. The molecule has 0 bridgehead atoms. The van der Waals surface area contributed by atoms with E-state index in [4.69, 9.17) is 10.5 Å². The number of methoxy groups -OCH3 is 1. The first-order valence-corrected chi connectivity index (χ1v) is 6.03. The summed E-state index contributed by atoms with van der Waals surface area (Å²) < 4.78 is 18.2. The average Bonchev–Trinajstić information content (AvgIpc) is 2.37. The minimum atomic E-state index is -0.386. The second kappa shape index (κ2) is 9.82. The summed E-state index contributed by atoms with van der Waals surface area (Å²) in [5.74, 6) is 0.235. The fraction of sp³-hybridized carbons (Fsp3) is 0.462. The van der Waals surface area contributed by atoms with Crippen molar-refractivity contribution in [1.82, 2.24) is 5.32 Å². The van der Waals surface area contributed by atoms with Gasteiger partial charge in [0.15, 0.2) is 17.5 Å². The van der Waals surface area contributed by atoms with Crippen molar-refractivity contribution >= 4 is 29.9 Å². The predicted octanol–water partition coefficient (Wildman–Crippen LogP) is 2.66. The van der Waals surface area contributed by atoms with E-state index in [1.165, 1.54) is 13.2 Å². The third-order valence-electron chi connectivity index (χ3n) is 2.48. The molecule has 0 heterocycles. The molecule has 0 spiro atoms. The van der Waals surface area contributed by atoms with Crippen LogP contribution in [0.1, 0.15) is 25.3 Å². The fourth-order valence-electron chi connectivity index (χ4n) is 1.43. The number of nitrogens with one attached hydrogen (secondary N) is 1.